The molecule has 2 aromatic heterocycles. The Hall–Kier alpha value is -1.88. The van der Waals surface area contributed by atoms with Crippen molar-refractivity contribution < 1.29 is 14.4 Å². The molecular weight excluding hydrogens is 196 g/mol. The van der Waals surface area contributed by atoms with Crippen molar-refractivity contribution in [3.63, 3.8) is 0 Å². The van der Waals surface area contributed by atoms with Gasteiger partial charge in [0.05, 0.1) is 18.5 Å². The SMILES string of the molecule is OCc1ccc(OCc2ccon2)cn1. The van der Waals surface area contributed by atoms with Gasteiger partial charge in [-0.3, -0.25) is 4.98 Å². The summed E-state index contributed by atoms with van der Waals surface area (Å²) in [6.07, 6.45) is 3.05. The number of hydrogen-bond donors (Lipinski definition) is 1. The third kappa shape index (κ3) is 2.54. The van der Waals surface area contributed by atoms with Crippen LogP contribution in [0.3, 0.4) is 0 Å². The molecule has 0 saturated carbocycles. The summed E-state index contributed by atoms with van der Waals surface area (Å²) in [6.45, 7) is 0.278. The molecule has 0 atom stereocenters. The molecule has 15 heavy (non-hydrogen) atoms. The lowest BCUT2D eigenvalue weighted by molar-refractivity contribution is 0.273. The molecule has 0 spiro atoms. The minimum absolute atomic E-state index is 0.0659. The molecule has 0 aliphatic rings. The van der Waals surface area contributed by atoms with Crippen LogP contribution in [0.2, 0.25) is 0 Å². The first-order chi connectivity index (χ1) is 7.38. The summed E-state index contributed by atoms with van der Waals surface area (Å²) in [6, 6.07) is 5.19. The smallest absolute Gasteiger partial charge is 0.138 e. The summed E-state index contributed by atoms with van der Waals surface area (Å²) in [7, 11) is 0. The second kappa shape index (κ2) is 4.56. The van der Waals surface area contributed by atoms with Gasteiger partial charge in [-0.1, -0.05) is 5.16 Å². The lowest BCUT2D eigenvalue weighted by Crippen LogP contribution is -1.96. The molecular formula is C10H10N2O3. The largest absolute Gasteiger partial charge is 0.486 e. The standard InChI is InChI=1S/C10H10N2O3/c13-6-8-1-2-10(5-11-8)14-7-9-3-4-15-12-9/h1-5,13H,6-7H2. The van der Waals surface area contributed by atoms with E-state index in [0.717, 1.165) is 5.69 Å². The third-order valence-corrected chi connectivity index (χ3v) is 1.84. The van der Waals surface area contributed by atoms with Crippen LogP contribution in [-0.2, 0) is 13.2 Å². The maximum absolute atomic E-state index is 8.78. The van der Waals surface area contributed by atoms with E-state index in [0.29, 0.717) is 18.1 Å². The molecule has 0 bridgehead atoms. The molecule has 1 N–H and O–H groups in total. The number of hydrogen-bond acceptors (Lipinski definition) is 5. The molecule has 2 heterocycles. The van der Waals surface area contributed by atoms with Gasteiger partial charge in [-0.2, -0.15) is 0 Å². The van der Waals surface area contributed by atoms with Crippen LogP contribution in [0.1, 0.15) is 11.4 Å². The molecule has 78 valence electrons. The first-order valence-corrected chi connectivity index (χ1v) is 4.46. The predicted molar refractivity (Wildman–Crippen MR) is 51.0 cm³/mol. The van der Waals surface area contributed by atoms with Crippen molar-refractivity contribution in [3.05, 3.63) is 42.0 Å². The van der Waals surface area contributed by atoms with Gasteiger partial charge in [-0.25, -0.2) is 0 Å². The molecule has 0 aromatic carbocycles. The minimum atomic E-state index is -0.0659. The number of aromatic nitrogens is 2. The van der Waals surface area contributed by atoms with Crippen molar-refractivity contribution in [2.75, 3.05) is 0 Å². The van der Waals surface area contributed by atoms with Crippen LogP contribution in [-0.4, -0.2) is 15.2 Å². The predicted octanol–water partition coefficient (Wildman–Crippen LogP) is 1.14. The first kappa shape index (κ1) is 9.67. The number of aliphatic hydroxyl groups is 1. The Bertz CT molecular complexity index is 397. The highest BCUT2D eigenvalue weighted by molar-refractivity contribution is 5.19. The Balaban J connectivity index is 1.93. The van der Waals surface area contributed by atoms with Crippen LogP contribution in [0, 0.1) is 0 Å². The molecule has 2 aromatic rings. The van der Waals surface area contributed by atoms with Gasteiger partial charge in [0.25, 0.3) is 0 Å². The molecule has 0 unspecified atom stereocenters. The van der Waals surface area contributed by atoms with Crippen molar-refractivity contribution in [1.82, 2.24) is 10.1 Å². The summed E-state index contributed by atoms with van der Waals surface area (Å²) >= 11 is 0. The van der Waals surface area contributed by atoms with Crippen LogP contribution < -0.4 is 4.74 Å². The highest BCUT2D eigenvalue weighted by Gasteiger charge is 1.99. The molecule has 0 saturated heterocycles. The number of aliphatic hydroxyl groups excluding tert-OH is 1. The van der Waals surface area contributed by atoms with Crippen molar-refractivity contribution in [2.45, 2.75) is 13.2 Å². The fourth-order valence-corrected chi connectivity index (χ4v) is 1.06. The molecule has 5 heteroatoms. The lowest BCUT2D eigenvalue weighted by Gasteiger charge is -2.03. The monoisotopic (exact) mass is 206 g/mol. The number of pyridine rings is 1. The van der Waals surface area contributed by atoms with Crippen LogP contribution in [0.15, 0.2) is 35.2 Å². The topological polar surface area (TPSA) is 68.4 Å². The summed E-state index contributed by atoms with van der Waals surface area (Å²) < 4.78 is 10.0. The van der Waals surface area contributed by atoms with E-state index >= 15 is 0 Å². The Kier molecular flexibility index (Phi) is 2.94. The average Bonchev–Trinajstić information content (AvgIpc) is 2.80. The number of rotatable bonds is 4. The number of nitrogens with zero attached hydrogens (tertiary/aromatic N) is 2. The van der Waals surface area contributed by atoms with E-state index in [9.17, 15) is 0 Å². The molecule has 0 aliphatic carbocycles. The van der Waals surface area contributed by atoms with Crippen molar-refractivity contribution in [1.29, 1.82) is 0 Å². The Morgan fingerprint density at radius 2 is 2.20 bits per heavy atom. The molecule has 0 radical (unpaired) electrons. The Morgan fingerprint density at radius 1 is 1.27 bits per heavy atom. The van der Waals surface area contributed by atoms with Gasteiger partial charge in [0, 0.05) is 6.07 Å². The van der Waals surface area contributed by atoms with E-state index in [1.807, 2.05) is 0 Å². The van der Waals surface area contributed by atoms with Crippen LogP contribution in [0.5, 0.6) is 5.75 Å². The third-order valence-electron chi connectivity index (χ3n) is 1.84. The summed E-state index contributed by atoms with van der Waals surface area (Å²) in [5.74, 6) is 0.634. The minimum Gasteiger partial charge on any atom is -0.486 e. The van der Waals surface area contributed by atoms with E-state index in [2.05, 4.69) is 14.7 Å². The average molecular weight is 206 g/mol. The van der Waals surface area contributed by atoms with Gasteiger partial charge in [0.1, 0.15) is 24.3 Å². The maximum Gasteiger partial charge on any atom is 0.138 e. The molecule has 0 aliphatic heterocycles. The van der Waals surface area contributed by atoms with Gasteiger partial charge < -0.3 is 14.4 Å². The van der Waals surface area contributed by atoms with Gasteiger partial charge in [-0.05, 0) is 12.1 Å². The number of ether oxygens (including phenoxy) is 1. The van der Waals surface area contributed by atoms with Gasteiger partial charge >= 0.3 is 0 Å². The van der Waals surface area contributed by atoms with Crippen LogP contribution in [0.4, 0.5) is 0 Å². The van der Waals surface area contributed by atoms with Gasteiger partial charge in [0.15, 0.2) is 0 Å². The fraction of sp³-hybridized carbons (Fsp3) is 0.200. The fourth-order valence-electron chi connectivity index (χ4n) is 1.06. The highest BCUT2D eigenvalue weighted by Crippen LogP contribution is 2.11. The van der Waals surface area contributed by atoms with Gasteiger partial charge in [-0.15, -0.1) is 0 Å². The van der Waals surface area contributed by atoms with Crippen LogP contribution >= 0.6 is 0 Å². The maximum atomic E-state index is 8.78. The lowest BCUT2D eigenvalue weighted by atomic mass is 10.3. The summed E-state index contributed by atoms with van der Waals surface area (Å²) in [5, 5.41) is 12.5. The first-order valence-electron chi connectivity index (χ1n) is 4.46. The zero-order valence-corrected chi connectivity index (χ0v) is 7.96. The summed E-state index contributed by atoms with van der Waals surface area (Å²) in [5.41, 5.74) is 1.34. The second-order valence-corrected chi connectivity index (χ2v) is 2.92. The highest BCUT2D eigenvalue weighted by atomic mass is 16.5. The second-order valence-electron chi connectivity index (χ2n) is 2.92. The van der Waals surface area contributed by atoms with Crippen molar-refractivity contribution >= 4 is 0 Å². The van der Waals surface area contributed by atoms with Crippen molar-refractivity contribution in [3.8, 4) is 5.75 Å². The zero-order chi connectivity index (χ0) is 10.5. The Morgan fingerprint density at radius 3 is 2.80 bits per heavy atom. The molecule has 5 nitrogen and oxygen atoms in total. The van der Waals surface area contributed by atoms with E-state index in [1.54, 1.807) is 24.4 Å². The molecule has 2 rings (SSSR count). The van der Waals surface area contributed by atoms with E-state index < -0.39 is 0 Å². The quantitative estimate of drug-likeness (QED) is 0.812. The van der Waals surface area contributed by atoms with Gasteiger partial charge in [0.2, 0.25) is 0 Å². The zero-order valence-electron chi connectivity index (χ0n) is 7.96. The normalized spacial score (nSPS) is 10.2. The molecule has 0 fully saturated rings. The Labute approximate surface area is 86.3 Å². The molecule has 0 amide bonds. The van der Waals surface area contributed by atoms with E-state index in [4.69, 9.17) is 9.84 Å². The van der Waals surface area contributed by atoms with E-state index in [-0.39, 0.29) is 6.61 Å². The van der Waals surface area contributed by atoms with Crippen LogP contribution in [0.25, 0.3) is 0 Å². The summed E-state index contributed by atoms with van der Waals surface area (Å²) in [4.78, 5) is 3.98. The van der Waals surface area contributed by atoms with E-state index in [1.165, 1.54) is 6.26 Å². The van der Waals surface area contributed by atoms with Crippen molar-refractivity contribution in [2.24, 2.45) is 0 Å².